The van der Waals surface area contributed by atoms with Crippen LogP contribution in [0.25, 0.3) is 11.3 Å². The van der Waals surface area contributed by atoms with E-state index in [4.69, 9.17) is 9.47 Å². The quantitative estimate of drug-likeness (QED) is 0.155. The van der Waals surface area contributed by atoms with Crippen LogP contribution >= 0.6 is 0 Å². The first-order chi connectivity index (χ1) is 19.5. The molecule has 2 saturated heterocycles. The van der Waals surface area contributed by atoms with Crippen LogP contribution < -0.4 is 0 Å². The Hall–Kier alpha value is -4.66. The summed E-state index contributed by atoms with van der Waals surface area (Å²) in [5.74, 6) is -2.30. The molecule has 2 aliphatic rings. The molecule has 0 spiro atoms. The van der Waals surface area contributed by atoms with Gasteiger partial charge in [-0.05, 0) is 31.5 Å². The second-order valence-corrected chi connectivity index (χ2v) is 12.3. The van der Waals surface area contributed by atoms with Crippen molar-refractivity contribution in [2.75, 3.05) is 6.61 Å². The van der Waals surface area contributed by atoms with Crippen LogP contribution in [-0.4, -0.2) is 73.9 Å². The van der Waals surface area contributed by atoms with Gasteiger partial charge < -0.3 is 14.4 Å². The molecule has 0 radical (unpaired) electrons. The molecular weight excluding hydrogens is 558 g/mol. The summed E-state index contributed by atoms with van der Waals surface area (Å²) in [7, 11) is -4.17. The molecule has 14 nitrogen and oxygen atoms in total. The molecule has 1 aromatic heterocycles. The Balaban J connectivity index is 1.50. The highest BCUT2D eigenvalue weighted by molar-refractivity contribution is 7.93. The second-order valence-electron chi connectivity index (χ2n) is 9.78. The number of aromatic nitrogens is 3. The molecule has 214 valence electrons. The van der Waals surface area contributed by atoms with E-state index in [-0.39, 0.29) is 36.7 Å². The number of nitro benzene ring substituents is 1. The molecule has 2 aromatic carbocycles. The highest BCUT2D eigenvalue weighted by Crippen LogP contribution is 2.47. The smallest absolute Gasteiger partial charge is 0.358 e. The van der Waals surface area contributed by atoms with E-state index in [0.717, 1.165) is 9.58 Å². The standard InChI is InChI=1S/C26H25N5O9S/c1-3-39-24(33)22-21(17-7-5-4-6-8-17)27-28-29(22)15-26(2)23(30-19(32)13-20(30)41(26,37)38)25(34)40-14-16-9-11-18(12-10-16)31(35)36/h4-12,20,23H,3,13-15H2,1-2H3/t20-,23+,26+/m1/s1. The number of hydrogen-bond acceptors (Lipinski definition) is 11. The average Bonchev–Trinajstić information content (AvgIpc) is 3.42. The Morgan fingerprint density at radius 1 is 1.12 bits per heavy atom. The van der Waals surface area contributed by atoms with Crippen molar-refractivity contribution in [2.45, 2.75) is 49.6 Å². The number of sulfone groups is 1. The number of rotatable bonds is 9. The Morgan fingerprint density at radius 3 is 2.41 bits per heavy atom. The van der Waals surface area contributed by atoms with Crippen LogP contribution in [0.2, 0.25) is 0 Å². The molecule has 3 heterocycles. The average molecular weight is 584 g/mol. The largest absolute Gasteiger partial charge is 0.461 e. The molecule has 15 heteroatoms. The van der Waals surface area contributed by atoms with Gasteiger partial charge in [0.25, 0.3) is 5.69 Å². The lowest BCUT2D eigenvalue weighted by molar-refractivity contribution is -0.384. The van der Waals surface area contributed by atoms with E-state index in [2.05, 4.69) is 10.3 Å². The third kappa shape index (κ3) is 4.61. The highest BCUT2D eigenvalue weighted by atomic mass is 32.2. The van der Waals surface area contributed by atoms with E-state index in [9.17, 15) is 32.9 Å². The third-order valence-corrected chi connectivity index (χ3v) is 10.0. The van der Waals surface area contributed by atoms with Crippen LogP contribution in [0.4, 0.5) is 5.69 Å². The summed E-state index contributed by atoms with van der Waals surface area (Å²) in [6, 6.07) is 12.4. The SMILES string of the molecule is CCOC(=O)c1c(-c2ccccc2)nnn1C[C@@]1(C)[C@H](C(=O)OCc2ccc([N+](=O)[O-])cc2)N2C(=O)C[C@H]2S1(=O)=O. The number of benzene rings is 2. The molecule has 0 unspecified atom stereocenters. The molecule has 2 fully saturated rings. The number of esters is 2. The summed E-state index contributed by atoms with van der Waals surface area (Å²) in [6.07, 6.45) is -0.290. The molecule has 5 rings (SSSR count). The van der Waals surface area contributed by atoms with Crippen LogP contribution in [0, 0.1) is 10.1 Å². The molecule has 0 N–H and O–H groups in total. The number of carbonyl (C=O) groups is 3. The molecular formula is C26H25N5O9S. The topological polar surface area (TPSA) is 181 Å². The van der Waals surface area contributed by atoms with Crippen molar-refractivity contribution in [2.24, 2.45) is 0 Å². The predicted molar refractivity (Wildman–Crippen MR) is 141 cm³/mol. The van der Waals surface area contributed by atoms with Gasteiger partial charge in [0.1, 0.15) is 22.4 Å². The first kappa shape index (κ1) is 27.9. The summed E-state index contributed by atoms with van der Waals surface area (Å²) in [5, 5.41) is 17.9. The van der Waals surface area contributed by atoms with Crippen molar-refractivity contribution in [3.8, 4) is 11.3 Å². The van der Waals surface area contributed by atoms with E-state index in [1.165, 1.54) is 31.2 Å². The molecule has 0 saturated carbocycles. The third-order valence-electron chi connectivity index (χ3n) is 7.28. The van der Waals surface area contributed by atoms with Crippen molar-refractivity contribution >= 4 is 33.4 Å². The summed E-state index contributed by atoms with van der Waals surface area (Å²) in [5.41, 5.74) is 0.877. The molecule has 3 aromatic rings. The van der Waals surface area contributed by atoms with Crippen molar-refractivity contribution in [1.82, 2.24) is 19.9 Å². The molecule has 0 bridgehead atoms. The number of nitrogens with zero attached hydrogens (tertiary/aromatic N) is 5. The Morgan fingerprint density at radius 2 is 1.80 bits per heavy atom. The van der Waals surface area contributed by atoms with Crippen molar-refractivity contribution in [1.29, 1.82) is 0 Å². The van der Waals surface area contributed by atoms with Crippen LogP contribution in [0.5, 0.6) is 0 Å². The number of hydrogen-bond donors (Lipinski definition) is 0. The number of ether oxygens (including phenoxy) is 2. The minimum atomic E-state index is -4.17. The minimum Gasteiger partial charge on any atom is -0.461 e. The van der Waals surface area contributed by atoms with E-state index >= 15 is 0 Å². The van der Waals surface area contributed by atoms with Gasteiger partial charge in [0.05, 0.1) is 24.5 Å². The summed E-state index contributed by atoms with van der Waals surface area (Å²) >= 11 is 0. The van der Waals surface area contributed by atoms with Gasteiger partial charge in [0, 0.05) is 17.7 Å². The van der Waals surface area contributed by atoms with E-state index in [1.54, 1.807) is 37.3 Å². The summed E-state index contributed by atoms with van der Waals surface area (Å²) < 4.78 is 37.3. The monoisotopic (exact) mass is 583 g/mol. The molecule has 3 atom stereocenters. The Kier molecular flexibility index (Phi) is 7.07. The zero-order chi connectivity index (χ0) is 29.5. The van der Waals surface area contributed by atoms with Gasteiger partial charge >= 0.3 is 11.9 Å². The van der Waals surface area contributed by atoms with Gasteiger partial charge in [-0.3, -0.25) is 14.9 Å². The number of non-ortho nitro benzene ring substituents is 1. The van der Waals surface area contributed by atoms with Crippen LogP contribution in [0.1, 0.15) is 36.3 Å². The van der Waals surface area contributed by atoms with Crippen molar-refractivity contribution in [3.63, 3.8) is 0 Å². The number of amides is 1. The number of nitro groups is 1. The predicted octanol–water partition coefficient (Wildman–Crippen LogP) is 1.89. The van der Waals surface area contributed by atoms with Gasteiger partial charge in [-0.15, -0.1) is 5.10 Å². The molecule has 0 aliphatic carbocycles. The first-order valence-corrected chi connectivity index (χ1v) is 14.1. The van der Waals surface area contributed by atoms with E-state index in [1.807, 2.05) is 0 Å². The first-order valence-electron chi connectivity index (χ1n) is 12.6. The Labute approximate surface area is 233 Å². The lowest BCUT2D eigenvalue weighted by Crippen LogP contribution is -2.58. The second kappa shape index (κ2) is 10.4. The summed E-state index contributed by atoms with van der Waals surface area (Å²) in [4.78, 5) is 50.4. The van der Waals surface area contributed by atoms with Gasteiger partial charge in [0.15, 0.2) is 21.6 Å². The lowest BCUT2D eigenvalue weighted by atomic mass is 9.96. The molecule has 41 heavy (non-hydrogen) atoms. The fourth-order valence-corrected chi connectivity index (χ4v) is 7.48. The minimum absolute atomic E-state index is 0.0375. The van der Waals surface area contributed by atoms with Crippen LogP contribution in [0.15, 0.2) is 54.6 Å². The normalized spacial score (nSPS) is 22.5. The van der Waals surface area contributed by atoms with E-state index in [0.29, 0.717) is 11.1 Å². The van der Waals surface area contributed by atoms with E-state index < -0.39 is 55.3 Å². The maximum Gasteiger partial charge on any atom is 0.358 e. The number of carbonyl (C=O) groups excluding carboxylic acids is 3. The van der Waals surface area contributed by atoms with Crippen molar-refractivity contribution < 1.29 is 37.2 Å². The summed E-state index contributed by atoms with van der Waals surface area (Å²) in [6.45, 7) is 2.15. The molecule has 1 amide bonds. The van der Waals surface area contributed by atoms with Gasteiger partial charge in [-0.2, -0.15) is 0 Å². The lowest BCUT2D eigenvalue weighted by Gasteiger charge is -2.36. The maximum atomic E-state index is 13.8. The zero-order valence-electron chi connectivity index (χ0n) is 22.0. The Bertz CT molecular complexity index is 1640. The van der Waals surface area contributed by atoms with Crippen molar-refractivity contribution in [3.05, 3.63) is 76.0 Å². The van der Waals surface area contributed by atoms with Gasteiger partial charge in [-0.1, -0.05) is 35.5 Å². The van der Waals surface area contributed by atoms with Crippen LogP contribution in [-0.2, 0) is 42.1 Å². The zero-order valence-corrected chi connectivity index (χ0v) is 22.8. The van der Waals surface area contributed by atoms with Crippen LogP contribution in [0.3, 0.4) is 0 Å². The van der Waals surface area contributed by atoms with Gasteiger partial charge in [-0.25, -0.2) is 22.7 Å². The maximum absolute atomic E-state index is 13.8. The fourth-order valence-electron chi connectivity index (χ4n) is 5.13. The number of fused-ring (bicyclic) bond motifs is 1. The molecule has 2 aliphatic heterocycles. The van der Waals surface area contributed by atoms with Gasteiger partial charge in [0.2, 0.25) is 5.91 Å². The highest BCUT2D eigenvalue weighted by Gasteiger charge is 2.70. The fraction of sp³-hybridized carbons (Fsp3) is 0.346. The number of β-lactam (4-membered cyclic amide) rings is 1.